The van der Waals surface area contributed by atoms with Gasteiger partial charge < -0.3 is 5.32 Å². The SMILES string of the molecule is C=C(Nc1ccccc1C)/C(=C/C)N=C(C)C1C=CC=CC1. The number of allylic oxidation sites excluding steroid dienone is 5. The van der Waals surface area contributed by atoms with Crippen LogP contribution in [-0.2, 0) is 0 Å². The lowest BCUT2D eigenvalue weighted by Crippen LogP contribution is -2.11. The van der Waals surface area contributed by atoms with Crippen LogP contribution < -0.4 is 5.32 Å². The highest BCUT2D eigenvalue weighted by molar-refractivity contribution is 5.87. The summed E-state index contributed by atoms with van der Waals surface area (Å²) in [5, 5.41) is 3.37. The van der Waals surface area contributed by atoms with Gasteiger partial charge in [0.1, 0.15) is 0 Å². The molecule has 0 saturated heterocycles. The van der Waals surface area contributed by atoms with E-state index in [4.69, 9.17) is 4.99 Å². The lowest BCUT2D eigenvalue weighted by atomic mass is 9.96. The molecule has 114 valence electrons. The van der Waals surface area contributed by atoms with Gasteiger partial charge in [-0.2, -0.15) is 0 Å². The minimum absolute atomic E-state index is 0.381. The second-order valence-electron chi connectivity index (χ2n) is 5.50. The quantitative estimate of drug-likeness (QED) is 0.569. The van der Waals surface area contributed by atoms with Gasteiger partial charge in [0.2, 0.25) is 0 Å². The first kappa shape index (κ1) is 16.0. The molecule has 2 heteroatoms. The first-order chi connectivity index (χ1) is 10.6. The molecule has 0 aromatic heterocycles. The summed E-state index contributed by atoms with van der Waals surface area (Å²) in [6.07, 6.45) is 11.6. The van der Waals surface area contributed by atoms with Gasteiger partial charge in [-0.05, 0) is 38.8 Å². The minimum atomic E-state index is 0.381. The van der Waals surface area contributed by atoms with Crippen LogP contribution in [-0.4, -0.2) is 5.71 Å². The van der Waals surface area contributed by atoms with E-state index in [1.165, 1.54) is 5.56 Å². The Balaban J connectivity index is 2.11. The summed E-state index contributed by atoms with van der Waals surface area (Å²) >= 11 is 0. The van der Waals surface area contributed by atoms with Crippen LogP contribution in [0, 0.1) is 12.8 Å². The van der Waals surface area contributed by atoms with Gasteiger partial charge in [0.05, 0.1) is 11.4 Å². The van der Waals surface area contributed by atoms with Crippen LogP contribution in [0.5, 0.6) is 0 Å². The van der Waals surface area contributed by atoms with E-state index in [1.54, 1.807) is 0 Å². The van der Waals surface area contributed by atoms with E-state index in [2.05, 4.69) is 62.2 Å². The van der Waals surface area contributed by atoms with Crippen molar-refractivity contribution in [2.75, 3.05) is 5.32 Å². The average molecular weight is 292 g/mol. The van der Waals surface area contributed by atoms with Crippen LogP contribution in [0.25, 0.3) is 0 Å². The van der Waals surface area contributed by atoms with Gasteiger partial charge in [-0.1, -0.05) is 55.2 Å². The number of aliphatic imine (C=N–C) groups is 1. The third-order valence-electron chi connectivity index (χ3n) is 3.83. The van der Waals surface area contributed by atoms with Crippen LogP contribution in [0.4, 0.5) is 5.69 Å². The topological polar surface area (TPSA) is 24.4 Å². The molecule has 0 spiro atoms. The zero-order valence-corrected chi connectivity index (χ0v) is 13.6. The Morgan fingerprint density at radius 2 is 2.09 bits per heavy atom. The van der Waals surface area contributed by atoms with Crippen LogP contribution >= 0.6 is 0 Å². The van der Waals surface area contributed by atoms with Crippen molar-refractivity contribution in [1.29, 1.82) is 0 Å². The average Bonchev–Trinajstić information content (AvgIpc) is 2.55. The summed E-state index contributed by atoms with van der Waals surface area (Å²) in [5.41, 5.74) is 5.09. The number of aryl methyl sites for hydroxylation is 1. The van der Waals surface area contributed by atoms with Gasteiger partial charge in [0.15, 0.2) is 0 Å². The molecule has 0 saturated carbocycles. The fourth-order valence-corrected chi connectivity index (χ4v) is 2.41. The van der Waals surface area contributed by atoms with E-state index in [-0.39, 0.29) is 0 Å². The third-order valence-corrected chi connectivity index (χ3v) is 3.83. The predicted octanol–water partition coefficient (Wildman–Crippen LogP) is 5.42. The zero-order chi connectivity index (χ0) is 15.9. The molecule has 22 heavy (non-hydrogen) atoms. The van der Waals surface area contributed by atoms with Crippen molar-refractivity contribution in [2.24, 2.45) is 10.9 Å². The molecule has 2 rings (SSSR count). The van der Waals surface area contributed by atoms with Crippen molar-refractivity contribution in [1.82, 2.24) is 0 Å². The number of rotatable bonds is 5. The maximum Gasteiger partial charge on any atom is 0.0815 e. The highest BCUT2D eigenvalue weighted by Crippen LogP contribution is 2.21. The minimum Gasteiger partial charge on any atom is -0.354 e. The molecule has 0 aliphatic heterocycles. The molecule has 1 unspecified atom stereocenters. The molecule has 0 fully saturated rings. The van der Waals surface area contributed by atoms with Crippen molar-refractivity contribution in [3.05, 3.63) is 78.2 Å². The lowest BCUT2D eigenvalue weighted by Gasteiger charge is -2.16. The third kappa shape index (κ3) is 4.08. The monoisotopic (exact) mass is 292 g/mol. The number of para-hydroxylation sites is 1. The largest absolute Gasteiger partial charge is 0.354 e. The van der Waals surface area contributed by atoms with E-state index in [1.807, 2.05) is 25.1 Å². The fraction of sp³-hybridized carbons (Fsp3) is 0.250. The molecule has 0 heterocycles. The number of hydrogen-bond donors (Lipinski definition) is 1. The number of nitrogens with one attached hydrogen (secondary N) is 1. The Bertz CT molecular complexity index is 660. The van der Waals surface area contributed by atoms with Gasteiger partial charge in [-0.15, -0.1) is 0 Å². The number of benzene rings is 1. The number of hydrogen-bond acceptors (Lipinski definition) is 2. The van der Waals surface area contributed by atoms with Gasteiger partial charge in [-0.25, -0.2) is 0 Å². The van der Waals surface area contributed by atoms with Crippen LogP contribution in [0.15, 0.2) is 77.6 Å². The van der Waals surface area contributed by atoms with E-state index >= 15 is 0 Å². The number of nitrogens with zero attached hydrogens (tertiary/aromatic N) is 1. The van der Waals surface area contributed by atoms with Crippen LogP contribution in [0.3, 0.4) is 0 Å². The van der Waals surface area contributed by atoms with Gasteiger partial charge in [0, 0.05) is 17.3 Å². The van der Waals surface area contributed by atoms with Crippen molar-refractivity contribution >= 4 is 11.4 Å². The summed E-state index contributed by atoms with van der Waals surface area (Å²) < 4.78 is 0. The molecule has 1 N–H and O–H groups in total. The van der Waals surface area contributed by atoms with Gasteiger partial charge >= 0.3 is 0 Å². The molecular formula is C20H24N2. The smallest absolute Gasteiger partial charge is 0.0815 e. The first-order valence-corrected chi connectivity index (χ1v) is 7.68. The van der Waals surface area contributed by atoms with E-state index in [9.17, 15) is 0 Å². The van der Waals surface area contributed by atoms with Crippen molar-refractivity contribution < 1.29 is 0 Å². The molecule has 0 radical (unpaired) electrons. The van der Waals surface area contributed by atoms with Crippen LogP contribution in [0.2, 0.25) is 0 Å². The van der Waals surface area contributed by atoms with Gasteiger partial charge in [-0.3, -0.25) is 4.99 Å². The van der Waals surface area contributed by atoms with E-state index in [0.29, 0.717) is 5.92 Å². The Morgan fingerprint density at radius 3 is 2.73 bits per heavy atom. The van der Waals surface area contributed by atoms with Gasteiger partial charge in [0.25, 0.3) is 0 Å². The standard InChI is InChI=1S/C20H24N2/c1-5-19(21-16(3)18-12-7-6-8-13-18)17(4)22-20-14-10-9-11-15(20)2/h5-12,14,18,22H,4,13H2,1-3H3/b19-5-,21-16?. The summed E-state index contributed by atoms with van der Waals surface area (Å²) in [5.74, 6) is 0.381. The highest BCUT2D eigenvalue weighted by atomic mass is 14.9. The first-order valence-electron chi connectivity index (χ1n) is 7.68. The molecule has 1 aliphatic rings. The Morgan fingerprint density at radius 1 is 1.32 bits per heavy atom. The molecule has 1 aromatic rings. The highest BCUT2D eigenvalue weighted by Gasteiger charge is 2.10. The Kier molecular flexibility index (Phi) is 5.54. The maximum atomic E-state index is 4.77. The predicted molar refractivity (Wildman–Crippen MR) is 97.2 cm³/mol. The van der Waals surface area contributed by atoms with Crippen LogP contribution in [0.1, 0.15) is 25.8 Å². The second-order valence-corrected chi connectivity index (χ2v) is 5.50. The zero-order valence-electron chi connectivity index (χ0n) is 13.6. The summed E-state index contributed by atoms with van der Waals surface area (Å²) in [7, 11) is 0. The summed E-state index contributed by atoms with van der Waals surface area (Å²) in [4.78, 5) is 4.77. The molecule has 0 bridgehead atoms. The van der Waals surface area contributed by atoms with E-state index < -0.39 is 0 Å². The summed E-state index contributed by atoms with van der Waals surface area (Å²) in [6, 6.07) is 8.19. The fourth-order valence-electron chi connectivity index (χ4n) is 2.41. The second kappa shape index (κ2) is 7.60. The Hall–Kier alpha value is -2.35. The molecule has 2 nitrogen and oxygen atoms in total. The molecule has 1 aromatic carbocycles. The summed E-state index contributed by atoms with van der Waals surface area (Å²) in [6.45, 7) is 10.3. The van der Waals surface area contributed by atoms with Crippen molar-refractivity contribution in [3.8, 4) is 0 Å². The maximum absolute atomic E-state index is 4.77. The number of anilines is 1. The molecule has 1 atom stereocenters. The normalized spacial score (nSPS) is 18.4. The Labute approximate surface area is 133 Å². The van der Waals surface area contributed by atoms with E-state index in [0.717, 1.165) is 29.2 Å². The molecule has 1 aliphatic carbocycles. The molecule has 0 amide bonds. The molecular weight excluding hydrogens is 268 g/mol. The van der Waals surface area contributed by atoms with Crippen molar-refractivity contribution in [2.45, 2.75) is 27.2 Å². The van der Waals surface area contributed by atoms with Crippen molar-refractivity contribution in [3.63, 3.8) is 0 Å². The lowest BCUT2D eigenvalue weighted by molar-refractivity contribution is 0.861.